The van der Waals surface area contributed by atoms with Crippen molar-refractivity contribution in [2.45, 2.75) is 111 Å². The maximum absolute atomic E-state index is 14.1. The van der Waals surface area contributed by atoms with Crippen LogP contribution in [0.5, 0.6) is 11.5 Å². The van der Waals surface area contributed by atoms with Crippen LogP contribution in [-0.2, 0) is 31.9 Å². The Balaban J connectivity index is 0.907. The zero-order valence-electron chi connectivity index (χ0n) is 39.9. The van der Waals surface area contributed by atoms with E-state index in [1.54, 1.807) is 42.2 Å². The zero-order valence-corrected chi connectivity index (χ0v) is 40.8. The van der Waals surface area contributed by atoms with Crippen molar-refractivity contribution in [1.82, 2.24) is 35.8 Å². The lowest BCUT2D eigenvalue weighted by Crippen LogP contribution is -2.57. The Kier molecular flexibility index (Phi) is 15.1. The highest BCUT2D eigenvalue weighted by atomic mass is 32.1. The molecule has 7 rings (SSSR count). The molecule has 5 aromatic rings. The number of amides is 4. The smallest absolute Gasteiger partial charge is 0.416 e. The second-order valence-electron chi connectivity index (χ2n) is 19.1. The standard InChI is InChI=1S/C50H60F3N9O6S/c1-28(33-20-34(50(51,52)53)22-35(54)21-33)58-44-36-23-40(39(67-7)24-37(36)59-30(3)60-44)68-26-49(16-17-49)47(66)55-18-8-11-41(63)61-43(48(4,5)6)46(65)62-19-9-10-38(62)45(64)56-25-31-12-14-32(15-13-31)42-29(2)57-27-69-42/h12-15,20-24,27-28,38,43H,8-11,16-19,25-26,54H2,1-7H3,(H,55,66)(H,56,64)(H,61,63)(H,58,59,60)/t28-,38+,43-/m1/s1. The Morgan fingerprint density at radius 2 is 1.72 bits per heavy atom. The van der Waals surface area contributed by atoms with Gasteiger partial charge in [0.05, 0.1) is 45.7 Å². The summed E-state index contributed by atoms with van der Waals surface area (Å²) in [5.41, 5.74) is 9.10. The number of carbonyl (C=O) groups excluding carboxylic acids is 4. The van der Waals surface area contributed by atoms with Gasteiger partial charge in [0.2, 0.25) is 23.6 Å². The van der Waals surface area contributed by atoms with Gasteiger partial charge in [-0.05, 0) is 99.2 Å². The number of fused-ring (bicyclic) bond motifs is 1. The van der Waals surface area contributed by atoms with Crippen LogP contribution in [0.15, 0.2) is 60.1 Å². The van der Waals surface area contributed by atoms with E-state index in [1.807, 2.05) is 57.5 Å². The fourth-order valence-corrected chi connectivity index (χ4v) is 9.28. The van der Waals surface area contributed by atoms with Crippen LogP contribution in [0, 0.1) is 24.7 Å². The number of thiazole rings is 1. The number of likely N-dealkylation sites (tertiary alicyclic amines) is 1. The number of aryl methyl sites for hydroxylation is 2. The average molecular weight is 972 g/mol. The van der Waals surface area contributed by atoms with Crippen molar-refractivity contribution >= 4 is 57.4 Å². The number of nitrogens with zero attached hydrogens (tertiary/aromatic N) is 4. The highest BCUT2D eigenvalue weighted by molar-refractivity contribution is 7.13. The van der Waals surface area contributed by atoms with Gasteiger partial charge in [-0.25, -0.2) is 15.0 Å². The third kappa shape index (κ3) is 12.0. The van der Waals surface area contributed by atoms with Crippen LogP contribution >= 0.6 is 11.3 Å². The number of methoxy groups -OCH3 is 1. The number of anilines is 2. The van der Waals surface area contributed by atoms with Crippen LogP contribution in [0.3, 0.4) is 0 Å². The molecule has 0 unspecified atom stereocenters. The topological polar surface area (TPSA) is 203 Å². The molecule has 368 valence electrons. The number of carbonyl (C=O) groups is 4. The molecule has 2 aromatic heterocycles. The summed E-state index contributed by atoms with van der Waals surface area (Å²) in [7, 11) is 1.48. The van der Waals surface area contributed by atoms with E-state index >= 15 is 0 Å². The molecule has 1 aliphatic heterocycles. The molecule has 3 heterocycles. The summed E-state index contributed by atoms with van der Waals surface area (Å²) in [4.78, 5) is 70.5. The second-order valence-corrected chi connectivity index (χ2v) is 19.9. The van der Waals surface area contributed by atoms with Gasteiger partial charge in [-0.3, -0.25) is 19.2 Å². The summed E-state index contributed by atoms with van der Waals surface area (Å²) < 4.78 is 52.7. The fourth-order valence-electron chi connectivity index (χ4n) is 8.47. The monoisotopic (exact) mass is 971 g/mol. The van der Waals surface area contributed by atoms with Crippen molar-refractivity contribution in [3.05, 3.63) is 88.3 Å². The number of nitrogens with two attached hydrogens (primary N) is 1. The Bertz CT molecular complexity index is 2700. The molecule has 3 atom stereocenters. The molecule has 1 aliphatic carbocycles. The number of alkyl halides is 3. The highest BCUT2D eigenvalue weighted by Gasteiger charge is 2.51. The predicted octanol–water partition coefficient (Wildman–Crippen LogP) is 8.05. The summed E-state index contributed by atoms with van der Waals surface area (Å²) in [6, 6.07) is 12.6. The number of nitrogen functional groups attached to an aromatic ring is 1. The van der Waals surface area contributed by atoms with E-state index in [2.05, 4.69) is 36.2 Å². The molecule has 4 amide bonds. The third-order valence-corrected chi connectivity index (χ3v) is 13.6. The molecule has 6 N–H and O–H groups in total. The first kappa shape index (κ1) is 50.4. The number of hydrogen-bond acceptors (Lipinski definition) is 12. The van der Waals surface area contributed by atoms with Gasteiger partial charge in [0.1, 0.15) is 30.3 Å². The van der Waals surface area contributed by atoms with E-state index < -0.39 is 40.7 Å². The molecule has 15 nitrogen and oxygen atoms in total. The molecule has 2 fully saturated rings. The number of rotatable bonds is 18. The minimum atomic E-state index is -4.57. The van der Waals surface area contributed by atoms with E-state index in [4.69, 9.17) is 15.2 Å². The summed E-state index contributed by atoms with van der Waals surface area (Å²) in [5, 5.41) is 12.6. The quantitative estimate of drug-likeness (QED) is 0.0420. The third-order valence-electron chi connectivity index (χ3n) is 12.6. The van der Waals surface area contributed by atoms with Gasteiger partial charge >= 0.3 is 6.18 Å². The summed E-state index contributed by atoms with van der Waals surface area (Å²) >= 11 is 1.58. The molecule has 1 saturated heterocycles. The number of aromatic nitrogens is 3. The van der Waals surface area contributed by atoms with Crippen molar-refractivity contribution in [2.24, 2.45) is 10.8 Å². The minimum absolute atomic E-state index is 0.0209. The maximum Gasteiger partial charge on any atom is 0.416 e. The first-order chi connectivity index (χ1) is 32.6. The van der Waals surface area contributed by atoms with Gasteiger partial charge < -0.3 is 41.4 Å². The highest BCUT2D eigenvalue weighted by Crippen LogP contribution is 2.47. The molecule has 0 bridgehead atoms. The van der Waals surface area contributed by atoms with Crippen LogP contribution in [-0.4, -0.2) is 82.4 Å². The number of ether oxygens (including phenoxy) is 2. The Morgan fingerprint density at radius 1 is 0.986 bits per heavy atom. The molecular weight excluding hydrogens is 912 g/mol. The van der Waals surface area contributed by atoms with Gasteiger partial charge in [-0.2, -0.15) is 13.2 Å². The predicted molar refractivity (Wildman–Crippen MR) is 258 cm³/mol. The van der Waals surface area contributed by atoms with E-state index in [0.29, 0.717) is 84.8 Å². The van der Waals surface area contributed by atoms with Gasteiger partial charge in [-0.1, -0.05) is 45.0 Å². The van der Waals surface area contributed by atoms with Gasteiger partial charge in [0, 0.05) is 43.2 Å². The molecule has 1 saturated carbocycles. The van der Waals surface area contributed by atoms with Crippen LogP contribution in [0.4, 0.5) is 24.7 Å². The lowest BCUT2D eigenvalue weighted by Gasteiger charge is -2.35. The summed E-state index contributed by atoms with van der Waals surface area (Å²) in [5.74, 6) is 0.342. The van der Waals surface area contributed by atoms with Crippen molar-refractivity contribution in [1.29, 1.82) is 0 Å². The molecule has 0 spiro atoms. The Hall–Kier alpha value is -6.50. The normalized spacial score (nSPS) is 16.4. The van der Waals surface area contributed by atoms with Crippen LogP contribution < -0.4 is 36.5 Å². The van der Waals surface area contributed by atoms with Crippen LogP contribution in [0.25, 0.3) is 21.3 Å². The molecule has 3 aromatic carbocycles. The van der Waals surface area contributed by atoms with E-state index in [-0.39, 0.29) is 48.9 Å². The number of nitrogens with one attached hydrogen (secondary N) is 4. The first-order valence-corrected chi connectivity index (χ1v) is 23.9. The Labute approximate surface area is 403 Å². The SMILES string of the molecule is COc1cc2nc(C)nc(N[C@H](C)c3cc(N)cc(C(F)(F)F)c3)c2cc1OCC1(C(=O)NCCCC(=O)N[C@H](C(=O)N2CCC[C@H]2C(=O)NCc2ccc(-c3scnc3C)cc2)C(C)(C)C)CC1. The van der Waals surface area contributed by atoms with Gasteiger partial charge in [0.15, 0.2) is 11.5 Å². The van der Waals surface area contributed by atoms with Gasteiger partial charge in [0.25, 0.3) is 0 Å². The maximum atomic E-state index is 14.1. The average Bonchev–Trinajstić information content (AvgIpc) is 3.70. The van der Waals surface area contributed by atoms with Crippen molar-refractivity contribution in [2.75, 3.05) is 37.9 Å². The number of benzene rings is 3. The number of halogens is 3. The zero-order chi connectivity index (χ0) is 49.8. The minimum Gasteiger partial charge on any atom is -0.493 e. The lowest BCUT2D eigenvalue weighted by atomic mass is 9.85. The van der Waals surface area contributed by atoms with E-state index in [0.717, 1.165) is 33.8 Å². The Morgan fingerprint density at radius 3 is 2.38 bits per heavy atom. The molecule has 19 heteroatoms. The summed E-state index contributed by atoms with van der Waals surface area (Å²) in [6.07, 6.45) is -1.86. The van der Waals surface area contributed by atoms with Crippen LogP contribution in [0.2, 0.25) is 0 Å². The van der Waals surface area contributed by atoms with Crippen molar-refractivity contribution in [3.8, 4) is 21.9 Å². The summed E-state index contributed by atoms with van der Waals surface area (Å²) in [6.45, 7) is 11.9. The first-order valence-electron chi connectivity index (χ1n) is 23.0. The molecular formula is C50H60F3N9O6S. The lowest BCUT2D eigenvalue weighted by molar-refractivity contribution is -0.143. The van der Waals surface area contributed by atoms with Crippen LogP contribution in [0.1, 0.15) is 100 Å². The molecule has 0 radical (unpaired) electrons. The van der Waals surface area contributed by atoms with E-state index in [1.165, 1.54) is 13.2 Å². The van der Waals surface area contributed by atoms with E-state index in [9.17, 15) is 32.3 Å². The number of hydrogen-bond donors (Lipinski definition) is 5. The largest absolute Gasteiger partial charge is 0.493 e. The molecule has 69 heavy (non-hydrogen) atoms. The van der Waals surface area contributed by atoms with Crippen molar-refractivity contribution < 1.29 is 41.8 Å². The van der Waals surface area contributed by atoms with Gasteiger partial charge in [-0.15, -0.1) is 11.3 Å². The molecule has 2 aliphatic rings. The second kappa shape index (κ2) is 20.6. The van der Waals surface area contributed by atoms with Crippen molar-refractivity contribution in [3.63, 3.8) is 0 Å². The fraction of sp³-hybridized carbons (Fsp3) is 0.460.